The highest BCUT2D eigenvalue weighted by Crippen LogP contribution is 2.22. The number of halogens is 2. The first-order valence-electron chi connectivity index (χ1n) is 6.15. The first-order valence-corrected chi connectivity index (χ1v) is 6.90. The minimum atomic E-state index is -0.244. The number of carbonyl (C=O) groups is 1. The lowest BCUT2D eigenvalue weighted by molar-refractivity contribution is 0.102. The van der Waals surface area contributed by atoms with E-state index in [-0.39, 0.29) is 5.91 Å². The van der Waals surface area contributed by atoms with Crippen molar-refractivity contribution in [2.75, 3.05) is 11.9 Å². The molecule has 0 spiro atoms. The van der Waals surface area contributed by atoms with E-state index in [4.69, 9.17) is 28.9 Å². The molecule has 0 aliphatic heterocycles. The molecule has 106 valence electrons. The van der Waals surface area contributed by atoms with Crippen LogP contribution in [0.4, 0.5) is 5.69 Å². The zero-order valence-electron chi connectivity index (χ0n) is 11.0. The zero-order valence-corrected chi connectivity index (χ0v) is 12.5. The van der Waals surface area contributed by atoms with Gasteiger partial charge in [-0.1, -0.05) is 35.0 Å². The van der Waals surface area contributed by atoms with Crippen LogP contribution in [-0.4, -0.2) is 12.5 Å². The second-order valence-electron chi connectivity index (χ2n) is 4.20. The molecule has 2 rings (SSSR count). The summed E-state index contributed by atoms with van der Waals surface area (Å²) in [7, 11) is 0. The van der Waals surface area contributed by atoms with Crippen LogP contribution in [0.3, 0.4) is 0 Å². The van der Waals surface area contributed by atoms with Crippen LogP contribution < -0.4 is 11.1 Å². The number of hydrogen-bond donors (Lipinski definition) is 2. The Kier molecular flexibility index (Phi) is 5.24. The Morgan fingerprint density at radius 1 is 1.10 bits per heavy atom. The summed E-state index contributed by atoms with van der Waals surface area (Å²) in [6, 6.07) is 11.8. The first-order chi connectivity index (χ1) is 10.1. The molecular weight excluding hydrogens is 307 g/mol. The van der Waals surface area contributed by atoms with Gasteiger partial charge >= 0.3 is 0 Å². The van der Waals surface area contributed by atoms with Gasteiger partial charge in [0.15, 0.2) is 0 Å². The fourth-order valence-corrected chi connectivity index (χ4v) is 2.21. The van der Waals surface area contributed by atoms with Gasteiger partial charge in [-0.15, -0.1) is 0 Å². The van der Waals surface area contributed by atoms with Crippen molar-refractivity contribution in [3.05, 3.63) is 63.6 Å². The molecule has 0 aromatic heterocycles. The third kappa shape index (κ3) is 4.51. The van der Waals surface area contributed by atoms with Gasteiger partial charge in [0, 0.05) is 26.9 Å². The Balaban J connectivity index is 2.13. The van der Waals surface area contributed by atoms with Crippen molar-refractivity contribution >= 4 is 34.8 Å². The first kappa shape index (κ1) is 15.4. The minimum absolute atomic E-state index is 0.244. The Hall–Kier alpha value is -1.99. The monoisotopic (exact) mass is 318 g/mol. The fraction of sp³-hybridized carbons (Fsp3) is 0.0625. The summed E-state index contributed by atoms with van der Waals surface area (Å²) in [5.41, 5.74) is 7.18. The van der Waals surface area contributed by atoms with Crippen molar-refractivity contribution in [2.45, 2.75) is 0 Å². The summed E-state index contributed by atoms with van der Waals surface area (Å²) in [5.74, 6) is 5.40. The van der Waals surface area contributed by atoms with Crippen molar-refractivity contribution in [2.24, 2.45) is 5.73 Å². The van der Waals surface area contributed by atoms with Crippen molar-refractivity contribution in [1.82, 2.24) is 0 Å². The van der Waals surface area contributed by atoms with Crippen LogP contribution in [-0.2, 0) is 0 Å². The summed E-state index contributed by atoms with van der Waals surface area (Å²) in [6.45, 7) is 0.303. The van der Waals surface area contributed by atoms with E-state index in [1.165, 1.54) is 0 Å². The van der Waals surface area contributed by atoms with Gasteiger partial charge in [-0.2, -0.15) is 0 Å². The number of hydrogen-bond acceptors (Lipinski definition) is 2. The average molecular weight is 319 g/mol. The van der Waals surface area contributed by atoms with E-state index in [9.17, 15) is 4.79 Å². The van der Waals surface area contributed by atoms with Crippen LogP contribution in [0.1, 0.15) is 15.9 Å². The van der Waals surface area contributed by atoms with Gasteiger partial charge in [0.05, 0.1) is 6.54 Å². The van der Waals surface area contributed by atoms with E-state index in [0.29, 0.717) is 27.8 Å². The summed E-state index contributed by atoms with van der Waals surface area (Å²) in [6.07, 6.45) is 0. The highest BCUT2D eigenvalue weighted by molar-refractivity contribution is 6.35. The maximum absolute atomic E-state index is 12.1. The predicted octanol–water partition coefficient (Wildman–Crippen LogP) is 3.56. The van der Waals surface area contributed by atoms with Crippen LogP contribution in [0.15, 0.2) is 42.5 Å². The van der Waals surface area contributed by atoms with E-state index in [0.717, 1.165) is 5.56 Å². The number of benzene rings is 2. The molecule has 0 aliphatic rings. The van der Waals surface area contributed by atoms with Gasteiger partial charge in [-0.25, -0.2) is 0 Å². The second kappa shape index (κ2) is 7.14. The van der Waals surface area contributed by atoms with Crippen LogP contribution in [0.5, 0.6) is 0 Å². The molecule has 0 aliphatic carbocycles. The van der Waals surface area contributed by atoms with Gasteiger partial charge in [0.1, 0.15) is 0 Å². The number of nitrogens with one attached hydrogen (secondary N) is 1. The lowest BCUT2D eigenvalue weighted by atomic mass is 10.1. The van der Waals surface area contributed by atoms with Crippen molar-refractivity contribution in [1.29, 1.82) is 0 Å². The number of carbonyl (C=O) groups excluding carboxylic acids is 1. The molecular formula is C16H12Cl2N2O. The Morgan fingerprint density at radius 2 is 1.71 bits per heavy atom. The second-order valence-corrected chi connectivity index (χ2v) is 5.07. The molecule has 5 heteroatoms. The van der Waals surface area contributed by atoms with Crippen molar-refractivity contribution in [3.8, 4) is 11.8 Å². The molecule has 0 atom stereocenters. The lowest BCUT2D eigenvalue weighted by Crippen LogP contribution is -2.11. The maximum Gasteiger partial charge on any atom is 0.255 e. The topological polar surface area (TPSA) is 55.1 Å². The van der Waals surface area contributed by atoms with Crippen LogP contribution in [0.25, 0.3) is 0 Å². The molecule has 21 heavy (non-hydrogen) atoms. The lowest BCUT2D eigenvalue weighted by Gasteiger charge is -2.06. The Bertz CT molecular complexity index is 695. The smallest absolute Gasteiger partial charge is 0.255 e. The fourth-order valence-electron chi connectivity index (χ4n) is 1.69. The van der Waals surface area contributed by atoms with Gasteiger partial charge in [-0.05, 0) is 42.5 Å². The minimum Gasteiger partial charge on any atom is -0.322 e. The van der Waals surface area contributed by atoms with E-state index in [2.05, 4.69) is 17.2 Å². The van der Waals surface area contributed by atoms with Crippen LogP contribution in [0.2, 0.25) is 10.0 Å². The molecule has 2 aromatic carbocycles. The number of nitrogens with two attached hydrogens (primary N) is 1. The van der Waals surface area contributed by atoms with E-state index >= 15 is 0 Å². The molecule has 0 fully saturated rings. The molecule has 3 N–H and O–H groups in total. The van der Waals surface area contributed by atoms with E-state index < -0.39 is 0 Å². The molecule has 0 unspecified atom stereocenters. The largest absolute Gasteiger partial charge is 0.322 e. The van der Waals surface area contributed by atoms with Gasteiger partial charge < -0.3 is 11.1 Å². The Morgan fingerprint density at radius 3 is 2.29 bits per heavy atom. The molecule has 1 amide bonds. The number of anilines is 1. The summed E-state index contributed by atoms with van der Waals surface area (Å²) in [4.78, 5) is 12.1. The summed E-state index contributed by atoms with van der Waals surface area (Å²) >= 11 is 11.8. The van der Waals surface area contributed by atoms with E-state index in [1.807, 2.05) is 0 Å². The predicted molar refractivity (Wildman–Crippen MR) is 86.8 cm³/mol. The standard InChI is InChI=1S/C16H12Cl2N2O/c17-13-8-14(18)10-15(9-13)20-16(21)12-5-3-11(4-6-12)2-1-7-19/h3-6,8-10H,7,19H2,(H,20,21). The van der Waals surface area contributed by atoms with Gasteiger partial charge in [0.2, 0.25) is 0 Å². The van der Waals surface area contributed by atoms with Crippen LogP contribution in [0, 0.1) is 11.8 Å². The molecule has 0 radical (unpaired) electrons. The van der Waals surface area contributed by atoms with Crippen molar-refractivity contribution < 1.29 is 4.79 Å². The van der Waals surface area contributed by atoms with Gasteiger partial charge in [-0.3, -0.25) is 4.79 Å². The zero-order chi connectivity index (χ0) is 15.2. The highest BCUT2D eigenvalue weighted by Gasteiger charge is 2.07. The third-order valence-corrected chi connectivity index (χ3v) is 3.04. The number of rotatable bonds is 2. The molecule has 2 aromatic rings. The molecule has 0 saturated heterocycles. The third-order valence-electron chi connectivity index (χ3n) is 2.60. The summed E-state index contributed by atoms with van der Waals surface area (Å²) < 4.78 is 0. The molecule has 0 bridgehead atoms. The van der Waals surface area contributed by atoms with Gasteiger partial charge in [0.25, 0.3) is 5.91 Å². The normalized spacial score (nSPS) is 9.67. The number of amides is 1. The molecule has 0 heterocycles. The average Bonchev–Trinajstić information content (AvgIpc) is 2.44. The molecule has 3 nitrogen and oxygen atoms in total. The molecule has 0 saturated carbocycles. The van der Waals surface area contributed by atoms with Crippen molar-refractivity contribution in [3.63, 3.8) is 0 Å². The van der Waals surface area contributed by atoms with Crippen LogP contribution >= 0.6 is 23.2 Å². The highest BCUT2D eigenvalue weighted by atomic mass is 35.5. The quantitative estimate of drug-likeness (QED) is 0.832. The summed E-state index contributed by atoms with van der Waals surface area (Å²) in [5, 5.41) is 3.66. The SMILES string of the molecule is NCC#Cc1ccc(C(=O)Nc2cc(Cl)cc(Cl)c2)cc1. The Labute approximate surface area is 133 Å². The van der Waals surface area contributed by atoms with E-state index in [1.54, 1.807) is 42.5 Å². The maximum atomic E-state index is 12.1.